The molecule has 1 saturated heterocycles. The van der Waals surface area contributed by atoms with E-state index >= 15 is 0 Å². The number of hydrogen-bond acceptors (Lipinski definition) is 5. The molecule has 6 heteroatoms. The van der Waals surface area contributed by atoms with Crippen molar-refractivity contribution < 1.29 is 9.53 Å². The maximum absolute atomic E-state index is 12.0. The molecule has 0 radical (unpaired) electrons. The molecule has 26 heavy (non-hydrogen) atoms. The first-order chi connectivity index (χ1) is 12.4. The van der Waals surface area contributed by atoms with E-state index in [1.54, 1.807) is 11.3 Å². The Bertz CT molecular complexity index is 749. The van der Waals surface area contributed by atoms with Crippen LogP contribution in [0.5, 0.6) is 0 Å². The van der Waals surface area contributed by atoms with Gasteiger partial charge in [0.25, 0.3) is 0 Å². The summed E-state index contributed by atoms with van der Waals surface area (Å²) < 4.78 is 5.80. The second-order valence-corrected chi connectivity index (χ2v) is 8.24. The first-order valence-electron chi connectivity index (χ1n) is 9.17. The van der Waals surface area contributed by atoms with Crippen LogP contribution in [0.1, 0.15) is 34.1 Å². The summed E-state index contributed by atoms with van der Waals surface area (Å²) in [7, 11) is 0. The summed E-state index contributed by atoms with van der Waals surface area (Å²) >= 11 is 1.66. The Balaban J connectivity index is 1.73. The van der Waals surface area contributed by atoms with Gasteiger partial charge in [-0.1, -0.05) is 26.0 Å². The average molecular weight is 374 g/mol. The van der Waals surface area contributed by atoms with Gasteiger partial charge in [-0.05, 0) is 31.9 Å². The summed E-state index contributed by atoms with van der Waals surface area (Å²) in [6.45, 7) is 10.0. The van der Waals surface area contributed by atoms with Crippen molar-refractivity contribution in [2.45, 2.75) is 46.3 Å². The first-order valence-corrected chi connectivity index (χ1v) is 10.0. The summed E-state index contributed by atoms with van der Waals surface area (Å²) in [4.78, 5) is 19.1. The van der Waals surface area contributed by atoms with Crippen LogP contribution in [0.25, 0.3) is 11.3 Å². The van der Waals surface area contributed by atoms with Crippen molar-refractivity contribution in [3.05, 3.63) is 29.6 Å². The van der Waals surface area contributed by atoms with Gasteiger partial charge in [0.1, 0.15) is 0 Å². The molecule has 5 nitrogen and oxygen atoms in total. The molecule has 2 heterocycles. The predicted octanol–water partition coefficient (Wildman–Crippen LogP) is 4.41. The summed E-state index contributed by atoms with van der Waals surface area (Å²) in [5, 5.41) is 6.08. The Labute approximate surface area is 159 Å². The highest BCUT2D eigenvalue weighted by molar-refractivity contribution is 7.14. The molecule has 1 aromatic carbocycles. The molecule has 1 aromatic heterocycles. The Hall–Kier alpha value is -1.92. The number of aromatic nitrogens is 1. The molecule has 1 fully saturated rings. The Morgan fingerprint density at radius 1 is 1.35 bits per heavy atom. The van der Waals surface area contributed by atoms with Crippen molar-refractivity contribution in [2.24, 2.45) is 5.92 Å². The molecule has 140 valence electrons. The minimum Gasteiger partial charge on any atom is -0.372 e. The van der Waals surface area contributed by atoms with Gasteiger partial charge in [-0.3, -0.25) is 4.79 Å². The second kappa shape index (κ2) is 8.18. The van der Waals surface area contributed by atoms with E-state index in [9.17, 15) is 4.79 Å². The van der Waals surface area contributed by atoms with Crippen molar-refractivity contribution in [3.8, 4) is 11.3 Å². The quantitative estimate of drug-likeness (QED) is 0.843. The lowest BCUT2D eigenvalue weighted by Gasteiger charge is -2.35. The molecule has 0 bridgehead atoms. The summed E-state index contributed by atoms with van der Waals surface area (Å²) in [5.41, 5.74) is 2.78. The lowest BCUT2D eigenvalue weighted by Crippen LogP contribution is -2.45. The van der Waals surface area contributed by atoms with Crippen LogP contribution in [0.2, 0.25) is 0 Å². The molecular weight excluding hydrogens is 346 g/mol. The highest BCUT2D eigenvalue weighted by atomic mass is 32.1. The van der Waals surface area contributed by atoms with Crippen LogP contribution in [-0.4, -0.2) is 36.2 Å². The second-order valence-electron chi connectivity index (χ2n) is 7.40. The average Bonchev–Trinajstić information content (AvgIpc) is 3.03. The molecule has 0 saturated carbocycles. The molecule has 0 spiro atoms. The number of rotatable bonds is 5. The molecular formula is C20H27N3O2S. The molecule has 1 aliphatic heterocycles. The fourth-order valence-electron chi connectivity index (χ4n) is 3.22. The number of thiazole rings is 1. The molecule has 2 aromatic rings. The van der Waals surface area contributed by atoms with Crippen molar-refractivity contribution in [2.75, 3.05) is 23.3 Å². The molecule has 2 unspecified atom stereocenters. The topological polar surface area (TPSA) is 54.5 Å². The number of hydrogen-bond donors (Lipinski definition) is 1. The van der Waals surface area contributed by atoms with E-state index in [0.29, 0.717) is 12.3 Å². The van der Waals surface area contributed by atoms with Crippen molar-refractivity contribution in [1.82, 2.24) is 4.98 Å². The minimum atomic E-state index is 0.0485. The van der Waals surface area contributed by atoms with Crippen LogP contribution in [0.15, 0.2) is 29.6 Å². The monoisotopic (exact) mass is 373 g/mol. The fourth-order valence-corrected chi connectivity index (χ4v) is 4.07. The number of amides is 1. The number of carbonyl (C=O) groups excluding carboxylic acids is 1. The third kappa shape index (κ3) is 4.83. The smallest absolute Gasteiger partial charge is 0.224 e. The van der Waals surface area contributed by atoms with E-state index < -0.39 is 0 Å². The maximum Gasteiger partial charge on any atom is 0.224 e. The van der Waals surface area contributed by atoms with Crippen LogP contribution in [0.4, 0.5) is 10.8 Å². The van der Waals surface area contributed by atoms with E-state index in [4.69, 9.17) is 9.72 Å². The van der Waals surface area contributed by atoms with Crippen molar-refractivity contribution in [1.29, 1.82) is 0 Å². The maximum atomic E-state index is 12.0. The predicted molar refractivity (Wildman–Crippen MR) is 108 cm³/mol. The number of anilines is 2. The third-order valence-electron chi connectivity index (χ3n) is 4.22. The van der Waals surface area contributed by atoms with Gasteiger partial charge in [0.15, 0.2) is 5.13 Å². The number of carbonyl (C=O) groups is 1. The zero-order chi connectivity index (χ0) is 18.7. The third-order valence-corrected chi connectivity index (χ3v) is 5.12. The summed E-state index contributed by atoms with van der Waals surface area (Å²) in [5.74, 6) is 0.394. The molecule has 3 rings (SSSR count). The number of nitrogens with one attached hydrogen (secondary N) is 1. The van der Waals surface area contributed by atoms with Gasteiger partial charge in [-0.15, -0.1) is 11.3 Å². The van der Waals surface area contributed by atoms with E-state index in [1.165, 1.54) is 0 Å². The van der Waals surface area contributed by atoms with Crippen LogP contribution in [0, 0.1) is 5.92 Å². The number of benzene rings is 1. The van der Waals surface area contributed by atoms with E-state index in [-0.39, 0.29) is 18.1 Å². The Kier molecular flexibility index (Phi) is 5.94. The van der Waals surface area contributed by atoms with Crippen LogP contribution in [0.3, 0.4) is 0 Å². The highest BCUT2D eigenvalue weighted by Gasteiger charge is 2.24. The van der Waals surface area contributed by atoms with Crippen LogP contribution in [-0.2, 0) is 9.53 Å². The van der Waals surface area contributed by atoms with Crippen LogP contribution >= 0.6 is 11.3 Å². The van der Waals surface area contributed by atoms with Crippen molar-refractivity contribution in [3.63, 3.8) is 0 Å². The minimum absolute atomic E-state index is 0.0485. The lowest BCUT2D eigenvalue weighted by atomic mass is 10.1. The van der Waals surface area contributed by atoms with Crippen LogP contribution < -0.4 is 10.2 Å². The SMILES string of the molecule is CC(C)CC(=O)Nc1cccc(-c2csc(N3CC(C)OC(C)C3)n2)c1. The van der Waals surface area contributed by atoms with E-state index in [2.05, 4.69) is 29.4 Å². The molecule has 0 aliphatic carbocycles. The number of nitrogens with zero attached hydrogens (tertiary/aromatic N) is 2. The van der Waals surface area contributed by atoms with Gasteiger partial charge in [0, 0.05) is 36.1 Å². The standard InChI is InChI=1S/C20H27N3O2S/c1-13(2)8-19(24)21-17-7-5-6-16(9-17)18-12-26-20(22-18)23-10-14(3)25-15(4)11-23/h5-7,9,12-15H,8,10-11H2,1-4H3,(H,21,24). The molecule has 2 atom stereocenters. The zero-order valence-electron chi connectivity index (χ0n) is 15.9. The van der Waals surface area contributed by atoms with Gasteiger partial charge < -0.3 is 15.0 Å². The molecule has 1 N–H and O–H groups in total. The van der Waals surface area contributed by atoms with Gasteiger partial charge in [0.2, 0.25) is 5.91 Å². The highest BCUT2D eigenvalue weighted by Crippen LogP contribution is 2.30. The molecule has 1 amide bonds. The largest absolute Gasteiger partial charge is 0.372 e. The number of morpholine rings is 1. The molecule has 1 aliphatic rings. The van der Waals surface area contributed by atoms with Gasteiger partial charge in [-0.25, -0.2) is 4.98 Å². The normalized spacial score (nSPS) is 20.4. The van der Waals surface area contributed by atoms with Gasteiger partial charge in [-0.2, -0.15) is 0 Å². The summed E-state index contributed by atoms with van der Waals surface area (Å²) in [6, 6.07) is 7.89. The Morgan fingerprint density at radius 2 is 2.08 bits per heavy atom. The van der Waals surface area contributed by atoms with Crippen molar-refractivity contribution >= 4 is 28.1 Å². The Morgan fingerprint density at radius 3 is 2.77 bits per heavy atom. The van der Waals surface area contributed by atoms with E-state index in [1.807, 2.05) is 38.1 Å². The first kappa shape index (κ1) is 18.9. The lowest BCUT2D eigenvalue weighted by molar-refractivity contribution is -0.116. The number of ether oxygens (including phenoxy) is 1. The van der Waals surface area contributed by atoms with E-state index in [0.717, 1.165) is 35.2 Å². The van der Waals surface area contributed by atoms with Gasteiger partial charge in [0.05, 0.1) is 17.9 Å². The fraction of sp³-hybridized carbons (Fsp3) is 0.500. The summed E-state index contributed by atoms with van der Waals surface area (Å²) in [6.07, 6.45) is 0.953. The van der Waals surface area contributed by atoms with Gasteiger partial charge >= 0.3 is 0 Å². The zero-order valence-corrected chi connectivity index (χ0v) is 16.7.